The van der Waals surface area contributed by atoms with E-state index in [-0.39, 0.29) is 5.97 Å². The smallest absolute Gasteiger partial charge is 0.330 e. The SMILES string of the molecule is CCOC(=O)/C=C/CN(C)C(C)CSC. The predicted molar refractivity (Wildman–Crippen MR) is 66.2 cm³/mol. The number of likely N-dealkylation sites (N-methyl/N-ethyl adjacent to an activating group) is 1. The Bertz CT molecular complexity index is 207. The highest BCUT2D eigenvalue weighted by atomic mass is 32.2. The van der Waals surface area contributed by atoms with Gasteiger partial charge in [0.2, 0.25) is 0 Å². The second-order valence-corrected chi connectivity index (χ2v) is 4.31. The summed E-state index contributed by atoms with van der Waals surface area (Å²) >= 11 is 1.83. The van der Waals surface area contributed by atoms with E-state index < -0.39 is 0 Å². The van der Waals surface area contributed by atoms with Gasteiger partial charge in [-0.25, -0.2) is 4.79 Å². The van der Waals surface area contributed by atoms with Crippen LogP contribution in [-0.4, -0.2) is 49.1 Å². The monoisotopic (exact) mass is 231 g/mol. The Morgan fingerprint density at radius 2 is 2.27 bits per heavy atom. The van der Waals surface area contributed by atoms with Crippen LogP contribution in [0.5, 0.6) is 0 Å². The van der Waals surface area contributed by atoms with Crippen LogP contribution >= 0.6 is 11.8 Å². The summed E-state index contributed by atoms with van der Waals surface area (Å²) in [6.45, 7) is 5.19. The number of carbonyl (C=O) groups is 1. The lowest BCUT2D eigenvalue weighted by atomic mass is 10.3. The third kappa shape index (κ3) is 7.45. The van der Waals surface area contributed by atoms with Gasteiger partial charge in [0.05, 0.1) is 6.61 Å². The van der Waals surface area contributed by atoms with Gasteiger partial charge in [0.15, 0.2) is 0 Å². The van der Waals surface area contributed by atoms with Crippen molar-refractivity contribution in [2.24, 2.45) is 0 Å². The molecule has 0 bridgehead atoms. The van der Waals surface area contributed by atoms with Gasteiger partial charge >= 0.3 is 5.97 Å². The standard InChI is InChI=1S/C11H21NO2S/c1-5-14-11(13)7-6-8-12(3)10(2)9-15-4/h6-7,10H,5,8-9H2,1-4H3/b7-6+. The minimum absolute atomic E-state index is 0.261. The molecular formula is C11H21NO2S. The van der Waals surface area contributed by atoms with Crippen LogP contribution in [0.1, 0.15) is 13.8 Å². The summed E-state index contributed by atoms with van der Waals surface area (Å²) in [5, 5.41) is 0. The van der Waals surface area contributed by atoms with Gasteiger partial charge in [-0.1, -0.05) is 6.08 Å². The van der Waals surface area contributed by atoms with Crippen LogP contribution in [0.15, 0.2) is 12.2 Å². The van der Waals surface area contributed by atoms with E-state index in [1.165, 1.54) is 6.08 Å². The largest absolute Gasteiger partial charge is 0.463 e. The number of carbonyl (C=O) groups excluding carboxylic acids is 1. The van der Waals surface area contributed by atoms with Gasteiger partial charge in [-0.2, -0.15) is 11.8 Å². The first-order valence-corrected chi connectivity index (χ1v) is 6.53. The number of thioether (sulfide) groups is 1. The zero-order valence-electron chi connectivity index (χ0n) is 10.0. The van der Waals surface area contributed by atoms with Crippen LogP contribution in [0.4, 0.5) is 0 Å². The summed E-state index contributed by atoms with van der Waals surface area (Å²) < 4.78 is 4.78. The second kappa shape index (κ2) is 8.80. The van der Waals surface area contributed by atoms with Crippen LogP contribution in [0.2, 0.25) is 0 Å². The topological polar surface area (TPSA) is 29.5 Å². The van der Waals surface area contributed by atoms with Crippen LogP contribution < -0.4 is 0 Å². The first-order valence-electron chi connectivity index (χ1n) is 5.14. The molecule has 0 fully saturated rings. The van der Waals surface area contributed by atoms with Gasteiger partial charge in [0, 0.05) is 24.4 Å². The third-order valence-electron chi connectivity index (χ3n) is 2.09. The average molecular weight is 231 g/mol. The first-order chi connectivity index (χ1) is 7.11. The normalized spacial score (nSPS) is 13.4. The van der Waals surface area contributed by atoms with E-state index in [2.05, 4.69) is 25.1 Å². The molecule has 0 rings (SSSR count). The Labute approximate surface area is 96.9 Å². The van der Waals surface area contributed by atoms with Gasteiger partial charge in [0.25, 0.3) is 0 Å². The summed E-state index contributed by atoms with van der Waals surface area (Å²) in [7, 11) is 2.05. The van der Waals surface area contributed by atoms with Crippen molar-refractivity contribution in [2.75, 3.05) is 32.2 Å². The molecule has 0 aromatic heterocycles. The molecule has 0 heterocycles. The van der Waals surface area contributed by atoms with Crippen LogP contribution in [0.3, 0.4) is 0 Å². The first kappa shape index (κ1) is 14.5. The Balaban J connectivity index is 3.78. The van der Waals surface area contributed by atoms with Crippen molar-refractivity contribution in [1.82, 2.24) is 4.90 Å². The van der Waals surface area contributed by atoms with Crippen molar-refractivity contribution >= 4 is 17.7 Å². The molecule has 0 N–H and O–H groups in total. The van der Waals surface area contributed by atoms with Gasteiger partial charge in [-0.3, -0.25) is 4.90 Å². The molecule has 0 saturated heterocycles. The molecule has 1 atom stereocenters. The van der Waals surface area contributed by atoms with E-state index in [0.29, 0.717) is 12.6 Å². The Hall–Kier alpha value is -0.480. The second-order valence-electron chi connectivity index (χ2n) is 3.40. The number of hydrogen-bond donors (Lipinski definition) is 0. The Morgan fingerprint density at radius 3 is 2.80 bits per heavy atom. The molecule has 4 heteroatoms. The molecule has 0 aromatic rings. The minimum atomic E-state index is -0.261. The highest BCUT2D eigenvalue weighted by molar-refractivity contribution is 7.98. The Kier molecular flexibility index (Phi) is 8.52. The molecular weight excluding hydrogens is 210 g/mol. The third-order valence-corrected chi connectivity index (χ3v) is 2.91. The summed E-state index contributed by atoms with van der Waals surface area (Å²) in [4.78, 5) is 13.2. The molecule has 0 spiro atoms. The molecule has 1 unspecified atom stereocenters. The zero-order valence-corrected chi connectivity index (χ0v) is 10.8. The van der Waals surface area contributed by atoms with E-state index in [1.807, 2.05) is 17.8 Å². The van der Waals surface area contributed by atoms with Gasteiger partial charge in [-0.05, 0) is 27.2 Å². The highest BCUT2D eigenvalue weighted by Crippen LogP contribution is 2.03. The van der Waals surface area contributed by atoms with Crippen molar-refractivity contribution in [2.45, 2.75) is 19.9 Å². The van der Waals surface area contributed by atoms with E-state index in [1.54, 1.807) is 6.92 Å². The number of ether oxygens (including phenoxy) is 1. The Morgan fingerprint density at radius 1 is 1.60 bits per heavy atom. The van der Waals surface area contributed by atoms with E-state index in [4.69, 9.17) is 4.74 Å². The molecule has 3 nitrogen and oxygen atoms in total. The number of esters is 1. The van der Waals surface area contributed by atoms with Crippen molar-refractivity contribution in [3.05, 3.63) is 12.2 Å². The van der Waals surface area contributed by atoms with Gasteiger partial charge in [0.1, 0.15) is 0 Å². The van der Waals surface area contributed by atoms with Gasteiger partial charge < -0.3 is 4.74 Å². The van der Waals surface area contributed by atoms with Crippen molar-refractivity contribution in [3.63, 3.8) is 0 Å². The van der Waals surface area contributed by atoms with Crippen molar-refractivity contribution in [1.29, 1.82) is 0 Å². The lowest BCUT2D eigenvalue weighted by molar-refractivity contribution is -0.137. The van der Waals surface area contributed by atoms with Crippen molar-refractivity contribution in [3.8, 4) is 0 Å². The van der Waals surface area contributed by atoms with E-state index in [0.717, 1.165) is 12.3 Å². The lowest BCUT2D eigenvalue weighted by Gasteiger charge is -2.22. The van der Waals surface area contributed by atoms with Crippen LogP contribution in [0.25, 0.3) is 0 Å². The summed E-state index contributed by atoms with van der Waals surface area (Å²) in [6.07, 6.45) is 5.43. The molecule has 0 aromatic carbocycles. The fourth-order valence-electron chi connectivity index (χ4n) is 1.05. The molecule has 0 radical (unpaired) electrons. The summed E-state index contributed by atoms with van der Waals surface area (Å²) in [5.41, 5.74) is 0. The van der Waals surface area contributed by atoms with E-state index >= 15 is 0 Å². The molecule has 88 valence electrons. The number of nitrogens with zero attached hydrogens (tertiary/aromatic N) is 1. The molecule has 0 aliphatic carbocycles. The maximum atomic E-state index is 11.0. The summed E-state index contributed by atoms with van der Waals surface area (Å²) in [5.74, 6) is 0.840. The highest BCUT2D eigenvalue weighted by Gasteiger charge is 2.05. The molecule has 0 amide bonds. The predicted octanol–water partition coefficient (Wildman–Crippen LogP) is 1.79. The summed E-state index contributed by atoms with van der Waals surface area (Å²) in [6, 6.07) is 0.520. The van der Waals surface area contributed by atoms with E-state index in [9.17, 15) is 4.79 Å². The fraction of sp³-hybridized carbons (Fsp3) is 0.727. The molecule has 0 saturated carbocycles. The van der Waals surface area contributed by atoms with Gasteiger partial charge in [-0.15, -0.1) is 0 Å². The van der Waals surface area contributed by atoms with Crippen molar-refractivity contribution < 1.29 is 9.53 Å². The van der Waals surface area contributed by atoms with Crippen LogP contribution in [-0.2, 0) is 9.53 Å². The zero-order chi connectivity index (χ0) is 11.7. The quantitative estimate of drug-likeness (QED) is 0.493. The fourth-order valence-corrected chi connectivity index (χ4v) is 1.79. The molecule has 15 heavy (non-hydrogen) atoms. The lowest BCUT2D eigenvalue weighted by Crippen LogP contribution is -2.31. The average Bonchev–Trinajstić information content (AvgIpc) is 2.18. The van der Waals surface area contributed by atoms with Crippen LogP contribution in [0, 0.1) is 0 Å². The maximum absolute atomic E-state index is 11.0. The number of rotatable bonds is 7. The maximum Gasteiger partial charge on any atom is 0.330 e. The molecule has 0 aliphatic rings. The molecule has 0 aliphatic heterocycles. The number of hydrogen-bond acceptors (Lipinski definition) is 4. The minimum Gasteiger partial charge on any atom is -0.463 e.